The summed E-state index contributed by atoms with van der Waals surface area (Å²) in [6.07, 6.45) is 1.68. The van der Waals surface area contributed by atoms with Crippen LogP contribution < -0.4 is 4.74 Å². The molecule has 0 atom stereocenters. The van der Waals surface area contributed by atoms with Gasteiger partial charge in [-0.05, 0) is 25.4 Å². The zero-order chi connectivity index (χ0) is 14.1. The van der Waals surface area contributed by atoms with Crippen LogP contribution in [0.4, 0.5) is 0 Å². The highest BCUT2D eigenvalue weighted by Gasteiger charge is 2.18. The predicted octanol–water partition coefficient (Wildman–Crippen LogP) is 2.28. The average molecular weight is 289 g/mol. The Labute approximate surface area is 118 Å². The lowest BCUT2D eigenvalue weighted by Crippen LogP contribution is -1.94. The van der Waals surface area contributed by atoms with E-state index in [4.69, 9.17) is 9.26 Å². The molecule has 3 heterocycles. The molecule has 3 rings (SSSR count). The molecule has 0 radical (unpaired) electrons. The second-order valence-electron chi connectivity index (χ2n) is 4.08. The third-order valence-corrected chi connectivity index (χ3v) is 3.34. The topological polar surface area (TPSA) is 86.8 Å². The Morgan fingerprint density at radius 1 is 1.20 bits per heavy atom. The van der Waals surface area contributed by atoms with Gasteiger partial charge in [0.1, 0.15) is 5.82 Å². The third-order valence-electron chi connectivity index (χ3n) is 2.73. The van der Waals surface area contributed by atoms with Gasteiger partial charge >= 0.3 is 0 Å². The van der Waals surface area contributed by atoms with Crippen molar-refractivity contribution in [3.63, 3.8) is 0 Å². The molecule has 0 saturated carbocycles. The largest absolute Gasteiger partial charge is 0.480 e. The maximum atomic E-state index is 5.27. The summed E-state index contributed by atoms with van der Waals surface area (Å²) in [5.41, 5.74) is 2.22. The van der Waals surface area contributed by atoms with Crippen molar-refractivity contribution < 1.29 is 9.26 Å². The van der Waals surface area contributed by atoms with Crippen LogP contribution in [0.2, 0.25) is 0 Å². The lowest BCUT2D eigenvalue weighted by Gasteiger charge is -1.99. The van der Waals surface area contributed by atoms with Crippen LogP contribution in [-0.2, 0) is 0 Å². The molecule has 0 aromatic carbocycles. The van der Waals surface area contributed by atoms with Crippen molar-refractivity contribution in [1.29, 1.82) is 0 Å². The van der Waals surface area contributed by atoms with Gasteiger partial charge in [0.15, 0.2) is 0 Å². The van der Waals surface area contributed by atoms with E-state index >= 15 is 0 Å². The number of hydrogen-bond donors (Lipinski definition) is 0. The first-order valence-corrected chi connectivity index (χ1v) is 6.65. The van der Waals surface area contributed by atoms with Crippen LogP contribution in [0.15, 0.2) is 16.1 Å². The van der Waals surface area contributed by atoms with Gasteiger partial charge < -0.3 is 9.26 Å². The normalized spacial score (nSPS) is 10.8. The Bertz CT molecular complexity index is 752. The van der Waals surface area contributed by atoms with Crippen LogP contribution >= 0.6 is 11.5 Å². The lowest BCUT2D eigenvalue weighted by atomic mass is 10.2. The molecule has 3 aromatic rings. The van der Waals surface area contributed by atoms with E-state index in [-0.39, 0.29) is 0 Å². The summed E-state index contributed by atoms with van der Waals surface area (Å²) in [7, 11) is 1.55. The smallest absolute Gasteiger partial charge is 0.261 e. The molecule has 8 heteroatoms. The number of aryl methyl sites for hydroxylation is 2. The monoisotopic (exact) mass is 289 g/mol. The molecule has 20 heavy (non-hydrogen) atoms. The summed E-state index contributed by atoms with van der Waals surface area (Å²) in [6, 6.07) is 0. The van der Waals surface area contributed by atoms with Gasteiger partial charge in [-0.25, -0.2) is 9.97 Å². The van der Waals surface area contributed by atoms with Crippen molar-refractivity contribution in [2.75, 3.05) is 7.11 Å². The maximum absolute atomic E-state index is 5.27. The van der Waals surface area contributed by atoms with Gasteiger partial charge in [0.2, 0.25) is 11.7 Å². The van der Waals surface area contributed by atoms with E-state index in [1.807, 2.05) is 19.2 Å². The van der Waals surface area contributed by atoms with E-state index in [0.29, 0.717) is 29.0 Å². The molecular weight excluding hydrogens is 278 g/mol. The zero-order valence-electron chi connectivity index (χ0n) is 11.1. The van der Waals surface area contributed by atoms with Crippen molar-refractivity contribution in [3.05, 3.63) is 23.1 Å². The summed E-state index contributed by atoms with van der Waals surface area (Å²) >= 11 is 1.27. The van der Waals surface area contributed by atoms with E-state index in [1.165, 1.54) is 11.5 Å². The predicted molar refractivity (Wildman–Crippen MR) is 72.5 cm³/mol. The highest BCUT2D eigenvalue weighted by atomic mass is 32.1. The Kier molecular flexibility index (Phi) is 3.15. The fourth-order valence-electron chi connectivity index (χ4n) is 1.76. The number of hydrogen-bond acceptors (Lipinski definition) is 8. The molecule has 0 bridgehead atoms. The number of ether oxygens (including phenoxy) is 1. The Morgan fingerprint density at radius 2 is 2.05 bits per heavy atom. The van der Waals surface area contributed by atoms with Crippen molar-refractivity contribution in [3.8, 4) is 28.7 Å². The Balaban J connectivity index is 2.02. The fourth-order valence-corrected chi connectivity index (χ4v) is 2.39. The summed E-state index contributed by atoms with van der Waals surface area (Å²) in [5, 5.41) is 5.76. The van der Waals surface area contributed by atoms with Gasteiger partial charge in [-0.2, -0.15) is 9.36 Å². The highest BCUT2D eigenvalue weighted by Crippen LogP contribution is 2.30. The second-order valence-corrected chi connectivity index (χ2v) is 4.71. The minimum Gasteiger partial charge on any atom is -0.480 e. The Morgan fingerprint density at radius 3 is 2.80 bits per heavy atom. The van der Waals surface area contributed by atoms with Gasteiger partial charge in [-0.1, -0.05) is 5.16 Å². The first-order chi connectivity index (χ1) is 9.69. The van der Waals surface area contributed by atoms with Crippen LogP contribution in [0.25, 0.3) is 22.8 Å². The quantitative estimate of drug-likeness (QED) is 0.730. The number of rotatable bonds is 3. The molecule has 0 aliphatic rings. The molecule has 3 aromatic heterocycles. The lowest BCUT2D eigenvalue weighted by molar-refractivity contribution is 0.402. The molecule has 102 valence electrons. The molecule has 0 aliphatic heterocycles. The van der Waals surface area contributed by atoms with Crippen molar-refractivity contribution >= 4 is 11.5 Å². The summed E-state index contributed by atoms with van der Waals surface area (Å²) < 4.78 is 14.5. The van der Waals surface area contributed by atoms with E-state index in [9.17, 15) is 0 Å². The van der Waals surface area contributed by atoms with E-state index in [1.54, 1.807) is 13.3 Å². The Hall–Kier alpha value is -2.35. The molecule has 0 fully saturated rings. The first-order valence-electron chi connectivity index (χ1n) is 5.82. The van der Waals surface area contributed by atoms with Gasteiger partial charge in [-0.3, -0.25) is 0 Å². The van der Waals surface area contributed by atoms with Crippen LogP contribution in [-0.4, -0.2) is 31.6 Å². The molecule has 0 aliphatic carbocycles. The summed E-state index contributed by atoms with van der Waals surface area (Å²) in [4.78, 5) is 12.8. The van der Waals surface area contributed by atoms with Crippen LogP contribution in [0.5, 0.6) is 5.88 Å². The number of methoxy groups -OCH3 is 1. The van der Waals surface area contributed by atoms with Crippen molar-refractivity contribution in [2.45, 2.75) is 13.8 Å². The fraction of sp³-hybridized carbons (Fsp3) is 0.250. The third kappa shape index (κ3) is 2.14. The molecule has 0 amide bonds. The van der Waals surface area contributed by atoms with E-state index < -0.39 is 0 Å². The molecule has 0 N–H and O–H groups in total. The zero-order valence-corrected chi connectivity index (χ0v) is 11.9. The standard InChI is InChI=1S/C12H11N5O2S/c1-6-8(4-13-7(2)14-6)11-15-10(16-19-11)9-5-20-17-12(9)18-3/h4-5H,1-3H3. The molecular formula is C12H11N5O2S. The van der Waals surface area contributed by atoms with Crippen LogP contribution in [0, 0.1) is 13.8 Å². The first kappa shape index (κ1) is 12.7. The van der Waals surface area contributed by atoms with Gasteiger partial charge in [-0.15, -0.1) is 0 Å². The SMILES string of the molecule is COc1nscc1-c1noc(-c2cnc(C)nc2C)n1. The van der Waals surface area contributed by atoms with Gasteiger partial charge in [0, 0.05) is 11.6 Å². The average Bonchev–Trinajstić information content (AvgIpc) is 3.06. The minimum absolute atomic E-state index is 0.380. The minimum atomic E-state index is 0.380. The summed E-state index contributed by atoms with van der Waals surface area (Å²) in [6.45, 7) is 3.71. The molecule has 0 spiro atoms. The van der Waals surface area contributed by atoms with Crippen molar-refractivity contribution in [2.24, 2.45) is 0 Å². The molecule has 0 unspecified atom stereocenters. The van der Waals surface area contributed by atoms with Gasteiger partial charge in [0.05, 0.1) is 23.9 Å². The van der Waals surface area contributed by atoms with Crippen LogP contribution in [0.1, 0.15) is 11.5 Å². The van der Waals surface area contributed by atoms with Crippen LogP contribution in [0.3, 0.4) is 0 Å². The second kappa shape index (κ2) is 4.97. The van der Waals surface area contributed by atoms with E-state index in [2.05, 4.69) is 24.5 Å². The van der Waals surface area contributed by atoms with E-state index in [0.717, 1.165) is 11.3 Å². The molecule has 7 nitrogen and oxygen atoms in total. The summed E-state index contributed by atoms with van der Waals surface area (Å²) in [5.74, 6) is 2.00. The van der Waals surface area contributed by atoms with Crippen molar-refractivity contribution in [1.82, 2.24) is 24.5 Å². The number of aromatic nitrogens is 5. The maximum Gasteiger partial charge on any atom is 0.261 e. The molecule has 0 saturated heterocycles. The highest BCUT2D eigenvalue weighted by molar-refractivity contribution is 7.04. The van der Waals surface area contributed by atoms with Gasteiger partial charge in [0.25, 0.3) is 5.89 Å². The number of nitrogens with zero attached hydrogens (tertiary/aromatic N) is 5.